The molecule has 6 nitrogen and oxygen atoms in total. The number of carbonyl (C=O) groups is 2. The smallest absolute Gasteiger partial charge is 0.416 e. The molecule has 0 saturated carbocycles. The Labute approximate surface area is 253 Å². The number of amides is 1. The number of ether oxygens (including phenoxy) is 2. The lowest BCUT2D eigenvalue weighted by atomic mass is 10.0. The molecule has 1 aliphatic rings. The highest BCUT2D eigenvalue weighted by Crippen LogP contribution is 2.31. The third-order valence-corrected chi connectivity index (χ3v) is 5.52. The highest BCUT2D eigenvalue weighted by Gasteiger charge is 2.31. The van der Waals surface area contributed by atoms with E-state index in [2.05, 4.69) is 18.2 Å². The Bertz CT molecular complexity index is 1390. The summed E-state index contributed by atoms with van der Waals surface area (Å²) in [5.41, 5.74) is 0.688. The van der Waals surface area contributed by atoms with Crippen molar-refractivity contribution in [1.82, 2.24) is 4.90 Å². The summed E-state index contributed by atoms with van der Waals surface area (Å²) in [6.07, 6.45) is -6.86. The van der Waals surface area contributed by atoms with E-state index in [0.29, 0.717) is 24.9 Å². The van der Waals surface area contributed by atoms with E-state index >= 15 is 0 Å². The quantitative estimate of drug-likeness (QED) is 0.109. The number of nitrogens with zero attached hydrogens (tertiary/aromatic N) is 2. The van der Waals surface area contributed by atoms with Crippen LogP contribution in [0.25, 0.3) is 6.08 Å². The zero-order chi connectivity index (χ0) is 33.9. The van der Waals surface area contributed by atoms with Crippen LogP contribution in [-0.2, 0) is 33.5 Å². The molecule has 2 aromatic carbocycles. The zero-order valence-corrected chi connectivity index (χ0v) is 25.4. The maximum atomic E-state index is 13.1. The van der Waals surface area contributed by atoms with Crippen molar-refractivity contribution >= 4 is 24.5 Å². The van der Waals surface area contributed by atoms with Crippen LogP contribution in [0.3, 0.4) is 0 Å². The fourth-order valence-electron chi connectivity index (χ4n) is 3.60. The van der Waals surface area contributed by atoms with Crippen LogP contribution >= 0.6 is 0 Å². The molecule has 0 radical (unpaired) electrons. The van der Waals surface area contributed by atoms with Crippen molar-refractivity contribution in [3.05, 3.63) is 101 Å². The van der Waals surface area contributed by atoms with Crippen molar-refractivity contribution in [1.29, 1.82) is 0 Å². The lowest BCUT2D eigenvalue weighted by Crippen LogP contribution is -2.33. The first kappa shape index (κ1) is 37.7. The number of fused-ring (bicyclic) bond motifs is 1. The van der Waals surface area contributed by atoms with E-state index in [1.165, 1.54) is 12.1 Å². The maximum absolute atomic E-state index is 13.1. The summed E-state index contributed by atoms with van der Waals surface area (Å²) in [4.78, 5) is 29.3. The Kier molecular flexibility index (Phi) is 13.6. The second-order valence-corrected chi connectivity index (χ2v) is 10.0. The summed E-state index contributed by atoms with van der Waals surface area (Å²) in [7, 11) is 0. The number of rotatable bonds is 5. The van der Waals surface area contributed by atoms with Crippen molar-refractivity contribution in [2.75, 3.05) is 0 Å². The molecule has 1 aliphatic heterocycles. The van der Waals surface area contributed by atoms with Crippen molar-refractivity contribution in [2.45, 2.75) is 72.6 Å². The number of halogens is 6. The highest BCUT2D eigenvalue weighted by molar-refractivity contribution is 5.98. The van der Waals surface area contributed by atoms with Gasteiger partial charge in [0.05, 0.1) is 12.1 Å². The van der Waals surface area contributed by atoms with Crippen molar-refractivity contribution in [3.63, 3.8) is 0 Å². The second-order valence-electron chi connectivity index (χ2n) is 10.0. The number of alkyl halides is 6. The van der Waals surface area contributed by atoms with E-state index in [1.54, 1.807) is 38.7 Å². The van der Waals surface area contributed by atoms with Crippen LogP contribution in [0, 0.1) is 0 Å². The molecule has 0 aliphatic carbocycles. The molecule has 2 aromatic rings. The van der Waals surface area contributed by atoms with E-state index in [9.17, 15) is 35.9 Å². The van der Waals surface area contributed by atoms with Crippen molar-refractivity contribution < 1.29 is 45.4 Å². The molecule has 44 heavy (non-hydrogen) atoms. The van der Waals surface area contributed by atoms with Gasteiger partial charge in [-0.3, -0.25) is 9.69 Å². The van der Waals surface area contributed by atoms with Gasteiger partial charge >= 0.3 is 18.4 Å². The Morgan fingerprint density at radius 2 is 1.61 bits per heavy atom. The molecule has 0 bridgehead atoms. The van der Waals surface area contributed by atoms with Gasteiger partial charge in [-0.15, -0.1) is 0 Å². The lowest BCUT2D eigenvalue weighted by Gasteiger charge is -2.24. The average Bonchev–Trinajstić information content (AvgIpc) is 3.38. The summed E-state index contributed by atoms with van der Waals surface area (Å²) in [6.45, 7) is 17.5. The molecular formula is C32H36F6N2O4. The van der Waals surface area contributed by atoms with E-state index in [-0.39, 0.29) is 17.9 Å². The van der Waals surface area contributed by atoms with Crippen LogP contribution in [0.1, 0.15) is 69.4 Å². The van der Waals surface area contributed by atoms with Crippen LogP contribution in [0.15, 0.2) is 78.0 Å². The molecular weight excluding hydrogens is 590 g/mol. The normalized spacial score (nSPS) is 13.4. The Morgan fingerprint density at radius 1 is 1.00 bits per heavy atom. The monoisotopic (exact) mass is 626 g/mol. The van der Waals surface area contributed by atoms with Crippen LogP contribution in [0.4, 0.5) is 31.1 Å². The van der Waals surface area contributed by atoms with Gasteiger partial charge in [-0.2, -0.15) is 26.3 Å². The summed E-state index contributed by atoms with van der Waals surface area (Å²) in [5, 5.41) is 0. The summed E-state index contributed by atoms with van der Waals surface area (Å²) >= 11 is 0. The second kappa shape index (κ2) is 15.9. The van der Waals surface area contributed by atoms with Gasteiger partial charge in [-0.25, -0.2) is 9.79 Å². The van der Waals surface area contributed by atoms with Gasteiger partial charge in [0.15, 0.2) is 0 Å². The average molecular weight is 627 g/mol. The first-order chi connectivity index (χ1) is 20.4. The van der Waals surface area contributed by atoms with Crippen molar-refractivity contribution in [3.8, 4) is 0 Å². The standard InChI is InChI=1S/C25H25F3N2O4.C5H5F3.C2H6/c1-16(29-22(33-15-31)18-8-6-10-20(12-18)25(26,27)28)11-17-7-5-9-19-13-30(14-21(17)19)23(32)34-24(2,3)4;1-3-4(2)5(6,7)8;1-2/h5-12,15H,13-14H2,1-4H3;3H,1-2H2;1-2H3/b16-11+,29-22?;;. The molecule has 0 N–H and O–H groups in total. The number of hydrogen-bond donors (Lipinski definition) is 0. The molecule has 1 heterocycles. The lowest BCUT2D eigenvalue weighted by molar-refractivity contribution is -0.137. The van der Waals surface area contributed by atoms with Gasteiger partial charge < -0.3 is 9.47 Å². The number of allylic oxidation sites excluding steroid dienone is 3. The minimum Gasteiger partial charge on any atom is -0.444 e. The fourth-order valence-corrected chi connectivity index (χ4v) is 3.60. The Balaban J connectivity index is 0.000000840. The molecule has 0 saturated heterocycles. The van der Waals surface area contributed by atoms with E-state index < -0.39 is 35.2 Å². The van der Waals surface area contributed by atoms with Gasteiger partial charge in [-0.1, -0.05) is 57.3 Å². The van der Waals surface area contributed by atoms with Crippen LogP contribution in [-0.4, -0.2) is 35.1 Å². The molecule has 0 spiro atoms. The van der Waals surface area contributed by atoms with Crippen LogP contribution < -0.4 is 0 Å². The molecule has 0 unspecified atom stereocenters. The predicted molar refractivity (Wildman–Crippen MR) is 157 cm³/mol. The minimum absolute atomic E-state index is 0.0177. The van der Waals surface area contributed by atoms with E-state index in [0.717, 1.165) is 28.8 Å². The summed E-state index contributed by atoms with van der Waals surface area (Å²) < 4.78 is 83.4. The molecule has 0 atom stereocenters. The van der Waals surface area contributed by atoms with E-state index in [4.69, 9.17) is 9.47 Å². The van der Waals surface area contributed by atoms with Gasteiger partial charge in [0.25, 0.3) is 6.47 Å². The molecule has 240 valence electrons. The topological polar surface area (TPSA) is 68.2 Å². The van der Waals surface area contributed by atoms with Gasteiger partial charge in [-0.05, 0) is 68.7 Å². The number of hydrogen-bond acceptors (Lipinski definition) is 5. The van der Waals surface area contributed by atoms with Gasteiger partial charge in [0.2, 0.25) is 5.90 Å². The van der Waals surface area contributed by atoms with Gasteiger partial charge in [0, 0.05) is 23.4 Å². The van der Waals surface area contributed by atoms with Crippen LogP contribution in [0.5, 0.6) is 0 Å². The maximum Gasteiger partial charge on any atom is 0.416 e. The predicted octanol–water partition coefficient (Wildman–Crippen LogP) is 9.25. The molecule has 0 aromatic heterocycles. The number of aliphatic imine (C=N–C) groups is 1. The Hall–Kier alpha value is -4.35. The first-order valence-corrected chi connectivity index (χ1v) is 13.4. The third kappa shape index (κ3) is 11.7. The van der Waals surface area contributed by atoms with Crippen LogP contribution in [0.2, 0.25) is 0 Å². The van der Waals surface area contributed by atoms with E-state index in [1.807, 2.05) is 32.0 Å². The minimum atomic E-state index is -4.54. The number of carbonyl (C=O) groups excluding carboxylic acids is 2. The molecule has 12 heteroatoms. The SMILES string of the molecule is C/C(=C\c1cccc2c1CN(C(=O)OC(C)(C)C)C2)N=C(OC=O)c1cccc(C(F)(F)F)c1.C=CC(=C)C(F)(F)F.CC. The molecule has 3 rings (SSSR count). The van der Waals surface area contributed by atoms with Gasteiger partial charge in [0.1, 0.15) is 5.60 Å². The fraction of sp³-hybridized carbons (Fsp3) is 0.344. The summed E-state index contributed by atoms with van der Waals surface area (Å²) in [6, 6.07) is 10.00. The Morgan fingerprint density at radius 3 is 2.11 bits per heavy atom. The number of benzene rings is 2. The first-order valence-electron chi connectivity index (χ1n) is 13.4. The third-order valence-electron chi connectivity index (χ3n) is 5.52. The zero-order valence-electron chi connectivity index (χ0n) is 25.4. The van der Waals surface area contributed by atoms with Crippen molar-refractivity contribution in [2.24, 2.45) is 4.99 Å². The molecule has 1 amide bonds. The largest absolute Gasteiger partial charge is 0.444 e. The molecule has 0 fully saturated rings. The summed E-state index contributed by atoms with van der Waals surface area (Å²) in [5.74, 6) is -0.252. The highest BCUT2D eigenvalue weighted by atomic mass is 19.4.